The molecule has 0 unspecified atom stereocenters. The number of hydrogen-bond donors (Lipinski definition) is 6. The van der Waals surface area contributed by atoms with Gasteiger partial charge >= 0.3 is 0 Å². The zero-order valence-corrected chi connectivity index (χ0v) is 30.2. The summed E-state index contributed by atoms with van der Waals surface area (Å²) in [4.78, 5) is 71.4. The fourth-order valence-electron chi connectivity index (χ4n) is 4.04. The van der Waals surface area contributed by atoms with Crippen molar-refractivity contribution >= 4 is 35.4 Å². The van der Waals surface area contributed by atoms with Crippen molar-refractivity contribution in [2.75, 3.05) is 94.3 Å². The lowest BCUT2D eigenvalue weighted by Crippen LogP contribution is -2.44. The lowest BCUT2D eigenvalue weighted by atomic mass is 10.2. The van der Waals surface area contributed by atoms with Crippen LogP contribution in [0.5, 0.6) is 11.5 Å². The lowest BCUT2D eigenvalue weighted by Gasteiger charge is -2.20. The van der Waals surface area contributed by atoms with E-state index in [0.717, 1.165) is 5.56 Å². The van der Waals surface area contributed by atoms with Crippen LogP contribution in [0.4, 0.5) is 0 Å². The van der Waals surface area contributed by atoms with E-state index in [-0.39, 0.29) is 115 Å². The maximum absolute atomic E-state index is 12.8. The van der Waals surface area contributed by atoms with Crippen LogP contribution in [-0.2, 0) is 47.7 Å². The van der Waals surface area contributed by atoms with E-state index in [4.69, 9.17) is 28.4 Å². The molecule has 0 bridgehead atoms. The Balaban J connectivity index is 2.69. The van der Waals surface area contributed by atoms with E-state index in [2.05, 4.69) is 31.9 Å². The Labute approximate surface area is 298 Å². The standard InChI is InChI=1S/C33H54N6O12/c1-23-14-26(50-21-32(44)38-24(17-46-10-6-28(40)34-2)18-47-11-7-29(41)35-3)16-27(15-23)51-22-33(45)39-25(19-48-12-8-30(42)36-4)20-49-13-9-31(43)37-5/h14-16,24-25H,6-13,17-22H2,1-5H3,(H,34,40)(H,35,41)(H,36,42)(H,37,43)(H,38,44)(H,39,45). The van der Waals surface area contributed by atoms with Gasteiger partial charge in [-0.2, -0.15) is 0 Å². The highest BCUT2D eigenvalue weighted by atomic mass is 16.5. The molecule has 1 aromatic rings. The summed E-state index contributed by atoms with van der Waals surface area (Å²) in [6.45, 7) is 1.95. The number of carbonyl (C=O) groups is 6. The van der Waals surface area contributed by atoms with Crippen LogP contribution in [0.2, 0.25) is 0 Å². The third-order valence-electron chi connectivity index (χ3n) is 6.78. The van der Waals surface area contributed by atoms with Crippen molar-refractivity contribution in [2.24, 2.45) is 0 Å². The first-order valence-electron chi connectivity index (χ1n) is 16.6. The first kappa shape index (κ1) is 44.5. The first-order valence-corrected chi connectivity index (χ1v) is 16.6. The molecule has 0 radical (unpaired) electrons. The van der Waals surface area contributed by atoms with Gasteiger partial charge < -0.3 is 60.3 Å². The van der Waals surface area contributed by atoms with Crippen LogP contribution in [0, 0.1) is 6.92 Å². The molecule has 0 aliphatic carbocycles. The highest BCUT2D eigenvalue weighted by Crippen LogP contribution is 2.22. The van der Waals surface area contributed by atoms with E-state index in [1.807, 2.05) is 0 Å². The number of carbonyl (C=O) groups excluding carboxylic acids is 6. The molecule has 288 valence electrons. The molecule has 1 aromatic carbocycles. The number of aryl methyl sites for hydroxylation is 1. The number of amides is 6. The SMILES string of the molecule is CNC(=O)CCOCC(COCCC(=O)NC)NC(=O)COc1cc(C)cc(OCC(=O)NC(COCCC(=O)NC)COCCC(=O)NC)c1. The number of hydrogen-bond acceptors (Lipinski definition) is 12. The summed E-state index contributed by atoms with van der Waals surface area (Å²) in [5, 5.41) is 15.6. The number of rotatable bonds is 28. The fraction of sp³-hybridized carbons (Fsp3) is 0.636. The predicted octanol–water partition coefficient (Wildman–Crippen LogP) is -1.67. The summed E-state index contributed by atoms with van der Waals surface area (Å²) >= 11 is 0. The second-order valence-electron chi connectivity index (χ2n) is 11.1. The topological polar surface area (TPSA) is 230 Å². The van der Waals surface area contributed by atoms with Gasteiger partial charge in [0.25, 0.3) is 11.8 Å². The van der Waals surface area contributed by atoms with Gasteiger partial charge in [-0.05, 0) is 24.6 Å². The average molecular weight is 727 g/mol. The van der Waals surface area contributed by atoms with E-state index >= 15 is 0 Å². The smallest absolute Gasteiger partial charge is 0.258 e. The minimum Gasteiger partial charge on any atom is -0.484 e. The van der Waals surface area contributed by atoms with Gasteiger partial charge in [-0.25, -0.2) is 0 Å². The molecule has 0 heterocycles. The number of ether oxygens (including phenoxy) is 6. The van der Waals surface area contributed by atoms with Crippen LogP contribution < -0.4 is 41.4 Å². The second-order valence-corrected chi connectivity index (χ2v) is 11.1. The molecule has 6 N–H and O–H groups in total. The van der Waals surface area contributed by atoms with Crippen LogP contribution >= 0.6 is 0 Å². The zero-order chi connectivity index (χ0) is 37.9. The van der Waals surface area contributed by atoms with Crippen LogP contribution in [0.3, 0.4) is 0 Å². The van der Waals surface area contributed by atoms with Crippen molar-refractivity contribution in [1.82, 2.24) is 31.9 Å². The number of benzene rings is 1. The summed E-state index contributed by atoms with van der Waals surface area (Å²) in [5.74, 6) is -1.00. The zero-order valence-electron chi connectivity index (χ0n) is 30.2. The van der Waals surface area contributed by atoms with Gasteiger partial charge in [0.15, 0.2) is 13.2 Å². The highest BCUT2D eigenvalue weighted by Gasteiger charge is 2.17. The van der Waals surface area contributed by atoms with Crippen molar-refractivity contribution in [3.8, 4) is 11.5 Å². The third kappa shape index (κ3) is 22.7. The minimum atomic E-state index is -0.573. The average Bonchev–Trinajstić information content (AvgIpc) is 3.12. The largest absolute Gasteiger partial charge is 0.484 e. The maximum atomic E-state index is 12.8. The quantitative estimate of drug-likeness (QED) is 0.0533. The van der Waals surface area contributed by atoms with Crippen molar-refractivity contribution in [2.45, 2.75) is 44.7 Å². The molecule has 0 fully saturated rings. The van der Waals surface area contributed by atoms with Crippen molar-refractivity contribution in [1.29, 1.82) is 0 Å². The van der Waals surface area contributed by atoms with Crippen LogP contribution in [0.15, 0.2) is 18.2 Å². The van der Waals surface area contributed by atoms with Gasteiger partial charge in [-0.1, -0.05) is 0 Å². The van der Waals surface area contributed by atoms with Crippen LogP contribution in [-0.4, -0.2) is 142 Å². The van der Waals surface area contributed by atoms with Gasteiger partial charge in [-0.15, -0.1) is 0 Å². The molecule has 0 aliphatic rings. The Kier molecular flexibility index (Phi) is 23.8. The summed E-state index contributed by atoms with van der Waals surface area (Å²) in [6.07, 6.45) is 0.617. The van der Waals surface area contributed by atoms with Crippen LogP contribution in [0.1, 0.15) is 31.2 Å². The fourth-order valence-corrected chi connectivity index (χ4v) is 4.04. The Morgan fingerprint density at radius 1 is 0.490 bits per heavy atom. The van der Waals surface area contributed by atoms with E-state index in [0.29, 0.717) is 11.5 Å². The Hall–Kier alpha value is -4.52. The molecule has 0 aliphatic heterocycles. The Morgan fingerprint density at radius 2 is 0.784 bits per heavy atom. The predicted molar refractivity (Wildman–Crippen MR) is 184 cm³/mol. The molecule has 18 heteroatoms. The monoisotopic (exact) mass is 726 g/mol. The van der Waals surface area contributed by atoms with Crippen molar-refractivity contribution in [3.63, 3.8) is 0 Å². The Bertz CT molecular complexity index is 1100. The molecule has 0 spiro atoms. The molecule has 51 heavy (non-hydrogen) atoms. The third-order valence-corrected chi connectivity index (χ3v) is 6.78. The summed E-state index contributed by atoms with van der Waals surface area (Å²) in [6, 6.07) is 3.79. The normalized spacial score (nSPS) is 10.7. The van der Waals surface area contributed by atoms with Gasteiger partial charge in [0.2, 0.25) is 23.6 Å². The maximum Gasteiger partial charge on any atom is 0.258 e. The highest BCUT2D eigenvalue weighted by molar-refractivity contribution is 5.79. The summed E-state index contributed by atoms with van der Waals surface area (Å²) in [5.41, 5.74) is 0.752. The van der Waals surface area contributed by atoms with E-state index in [1.54, 1.807) is 19.1 Å². The van der Waals surface area contributed by atoms with E-state index in [9.17, 15) is 28.8 Å². The molecule has 0 atom stereocenters. The molecule has 0 saturated heterocycles. The van der Waals surface area contributed by atoms with Gasteiger partial charge in [-0.3, -0.25) is 28.8 Å². The molecule has 1 rings (SSSR count). The minimum absolute atomic E-state index is 0.0678. The molecular formula is C33H54N6O12. The molecule has 18 nitrogen and oxygen atoms in total. The lowest BCUT2D eigenvalue weighted by molar-refractivity contribution is -0.126. The molecule has 0 aromatic heterocycles. The number of nitrogens with one attached hydrogen (secondary N) is 6. The van der Waals surface area contributed by atoms with Crippen molar-refractivity contribution < 1.29 is 57.2 Å². The van der Waals surface area contributed by atoms with Crippen LogP contribution in [0.25, 0.3) is 0 Å². The van der Waals surface area contributed by atoms with E-state index in [1.165, 1.54) is 34.3 Å². The first-order chi connectivity index (χ1) is 24.5. The molecule has 0 saturated carbocycles. The van der Waals surface area contributed by atoms with Crippen molar-refractivity contribution in [3.05, 3.63) is 23.8 Å². The Morgan fingerprint density at radius 3 is 1.06 bits per heavy atom. The molecular weight excluding hydrogens is 672 g/mol. The molecule has 6 amide bonds. The summed E-state index contributed by atoms with van der Waals surface area (Å²) in [7, 11) is 6.10. The second kappa shape index (κ2) is 27.2. The summed E-state index contributed by atoms with van der Waals surface area (Å²) < 4.78 is 33.5. The van der Waals surface area contributed by atoms with Gasteiger partial charge in [0.1, 0.15) is 11.5 Å². The van der Waals surface area contributed by atoms with E-state index < -0.39 is 23.9 Å². The van der Waals surface area contributed by atoms with Gasteiger partial charge in [0.05, 0.1) is 64.9 Å². The van der Waals surface area contributed by atoms with Gasteiger partial charge in [0, 0.05) is 59.9 Å².